The van der Waals surface area contributed by atoms with Gasteiger partial charge in [0.2, 0.25) is 0 Å². The Labute approximate surface area is 80.3 Å². The molecule has 0 fully saturated rings. The second-order valence-electron chi connectivity index (χ2n) is 3.63. The first-order valence-corrected chi connectivity index (χ1v) is 4.97. The summed E-state index contributed by atoms with van der Waals surface area (Å²) in [5.74, 6) is 1.67. The molecule has 67 valence electrons. The van der Waals surface area contributed by atoms with Crippen LogP contribution in [0.3, 0.4) is 0 Å². The molecule has 0 spiro atoms. The molecule has 13 heavy (non-hydrogen) atoms. The van der Waals surface area contributed by atoms with E-state index in [0.717, 1.165) is 0 Å². The summed E-state index contributed by atoms with van der Waals surface area (Å²) in [7, 11) is 0. The average Bonchev–Trinajstić information content (AvgIpc) is 2.21. The molecule has 0 heterocycles. The minimum atomic E-state index is 1.17. The van der Waals surface area contributed by atoms with E-state index in [2.05, 4.69) is 42.5 Å². The highest BCUT2D eigenvalue weighted by Crippen LogP contribution is 2.24. The second kappa shape index (κ2) is 4.27. The van der Waals surface area contributed by atoms with Gasteiger partial charge in [0.15, 0.2) is 0 Å². The number of benzene rings is 1. The van der Waals surface area contributed by atoms with Gasteiger partial charge in [-0.05, 0) is 37.2 Å². The quantitative estimate of drug-likeness (QED) is 0.597. The zero-order chi connectivity index (χ0) is 8.93. The molecule has 0 N–H and O–H groups in total. The highest BCUT2D eigenvalue weighted by molar-refractivity contribution is 5.21. The molecule has 1 aromatic rings. The van der Waals surface area contributed by atoms with Gasteiger partial charge in [0, 0.05) is 0 Å². The lowest BCUT2D eigenvalue weighted by atomic mass is 9.89. The van der Waals surface area contributed by atoms with Crippen LogP contribution < -0.4 is 0 Å². The van der Waals surface area contributed by atoms with Crippen molar-refractivity contribution in [1.29, 1.82) is 0 Å². The zero-order valence-electron chi connectivity index (χ0n) is 7.87. The molecule has 0 aromatic heterocycles. The van der Waals surface area contributed by atoms with Gasteiger partial charge in [0.25, 0.3) is 0 Å². The van der Waals surface area contributed by atoms with Crippen molar-refractivity contribution in [1.82, 2.24) is 0 Å². The molecule has 1 aliphatic rings. The summed E-state index contributed by atoms with van der Waals surface area (Å²) in [6, 6.07) is 10.7. The Hall–Kier alpha value is -1.04. The van der Waals surface area contributed by atoms with Crippen LogP contribution >= 0.6 is 0 Å². The Morgan fingerprint density at radius 3 is 2.54 bits per heavy atom. The normalized spacial score (nSPS) is 17.5. The fourth-order valence-corrected chi connectivity index (χ4v) is 1.80. The van der Waals surface area contributed by atoms with Crippen LogP contribution in [0, 0.1) is 5.92 Å². The molecule has 0 aliphatic heterocycles. The minimum Gasteiger partial charge on any atom is -0.0885 e. The third-order valence-corrected chi connectivity index (χ3v) is 2.53. The number of hydrogen-bond donors (Lipinski definition) is 0. The van der Waals surface area contributed by atoms with E-state index in [0.29, 0.717) is 0 Å². The van der Waals surface area contributed by atoms with Gasteiger partial charge < -0.3 is 0 Å². The summed E-state index contributed by atoms with van der Waals surface area (Å²) in [6.45, 7) is 0. The second-order valence-corrected chi connectivity index (χ2v) is 3.63. The Morgan fingerprint density at radius 2 is 1.85 bits per heavy atom. The molecule has 0 nitrogen and oxygen atoms in total. The standard InChI is InChI=1S/C13H15/c1-3-7-12(8-4-1)11-13-9-5-2-6-10-13/h1-5,7-8H,6,9-11H2. The lowest BCUT2D eigenvalue weighted by Crippen LogP contribution is -2.03. The largest absolute Gasteiger partial charge is 0.0885 e. The van der Waals surface area contributed by atoms with E-state index in [1.807, 2.05) is 0 Å². The maximum atomic E-state index is 2.29. The topological polar surface area (TPSA) is 0 Å². The first kappa shape index (κ1) is 8.55. The van der Waals surface area contributed by atoms with Crippen LogP contribution in [0.5, 0.6) is 0 Å². The van der Waals surface area contributed by atoms with Gasteiger partial charge in [0.1, 0.15) is 0 Å². The van der Waals surface area contributed by atoms with Crippen LogP contribution in [0.4, 0.5) is 0 Å². The van der Waals surface area contributed by atoms with Crippen LogP contribution in [-0.2, 0) is 6.42 Å². The number of rotatable bonds is 2. The van der Waals surface area contributed by atoms with Gasteiger partial charge in [-0.15, -0.1) is 0 Å². The molecule has 1 aromatic carbocycles. The maximum Gasteiger partial charge on any atom is -0.0157 e. The van der Waals surface area contributed by atoms with E-state index in [-0.39, 0.29) is 0 Å². The lowest BCUT2D eigenvalue weighted by molar-refractivity contribution is 0.724. The molecule has 0 saturated heterocycles. The van der Waals surface area contributed by atoms with Gasteiger partial charge in [-0.3, -0.25) is 0 Å². The smallest absolute Gasteiger partial charge is 0.0157 e. The van der Waals surface area contributed by atoms with Crippen molar-refractivity contribution in [2.75, 3.05) is 0 Å². The van der Waals surface area contributed by atoms with E-state index in [9.17, 15) is 0 Å². The molecule has 1 aliphatic carbocycles. The average molecular weight is 171 g/mol. The van der Waals surface area contributed by atoms with Crippen LogP contribution in [0.2, 0.25) is 0 Å². The van der Waals surface area contributed by atoms with Crippen LogP contribution in [-0.4, -0.2) is 0 Å². The molecule has 0 bridgehead atoms. The van der Waals surface area contributed by atoms with Crippen molar-refractivity contribution in [3.63, 3.8) is 0 Å². The zero-order valence-corrected chi connectivity index (χ0v) is 7.87. The first-order valence-electron chi connectivity index (χ1n) is 4.97. The fraction of sp³-hybridized carbons (Fsp3) is 0.308. The fourth-order valence-electron chi connectivity index (χ4n) is 1.80. The summed E-state index contributed by atoms with van der Waals surface area (Å²) >= 11 is 0. The Balaban J connectivity index is 1.94. The maximum absolute atomic E-state index is 2.29. The van der Waals surface area contributed by atoms with Gasteiger partial charge in [-0.1, -0.05) is 42.5 Å². The van der Waals surface area contributed by atoms with Gasteiger partial charge in [0.05, 0.1) is 0 Å². The van der Waals surface area contributed by atoms with E-state index >= 15 is 0 Å². The minimum absolute atomic E-state index is 1.17. The van der Waals surface area contributed by atoms with Crippen molar-refractivity contribution >= 4 is 0 Å². The summed E-state index contributed by atoms with van der Waals surface area (Å²) in [6.07, 6.45) is 9.46. The summed E-state index contributed by atoms with van der Waals surface area (Å²) in [5.41, 5.74) is 1.45. The van der Waals surface area contributed by atoms with Crippen molar-refractivity contribution in [2.45, 2.75) is 25.7 Å². The third-order valence-electron chi connectivity index (χ3n) is 2.53. The molecule has 1 radical (unpaired) electrons. The lowest BCUT2D eigenvalue weighted by Gasteiger charge is -2.16. The van der Waals surface area contributed by atoms with Crippen LogP contribution in [0.15, 0.2) is 42.5 Å². The van der Waals surface area contributed by atoms with E-state index in [1.54, 1.807) is 5.92 Å². The van der Waals surface area contributed by atoms with Gasteiger partial charge in [-0.25, -0.2) is 0 Å². The molecule has 0 unspecified atom stereocenters. The first-order chi connectivity index (χ1) is 6.45. The van der Waals surface area contributed by atoms with E-state index < -0.39 is 0 Å². The molecule has 0 amide bonds. The van der Waals surface area contributed by atoms with Crippen molar-refractivity contribution in [3.05, 3.63) is 54.0 Å². The van der Waals surface area contributed by atoms with Gasteiger partial charge >= 0.3 is 0 Å². The highest BCUT2D eigenvalue weighted by Gasteiger charge is 2.10. The Kier molecular flexibility index (Phi) is 2.81. The molecule has 0 heteroatoms. The summed E-state index contributed by atoms with van der Waals surface area (Å²) in [5, 5.41) is 0. The number of allylic oxidation sites excluding steroid dienone is 2. The number of hydrogen-bond acceptors (Lipinski definition) is 0. The summed E-state index contributed by atoms with van der Waals surface area (Å²) < 4.78 is 0. The third kappa shape index (κ3) is 2.45. The molecule has 0 saturated carbocycles. The molecule has 0 atom stereocenters. The van der Waals surface area contributed by atoms with Gasteiger partial charge in [-0.2, -0.15) is 0 Å². The molecular weight excluding hydrogens is 156 g/mol. The SMILES string of the molecule is C1=CC[C](Cc2ccccc2)CC1. The van der Waals surface area contributed by atoms with Crippen LogP contribution in [0.1, 0.15) is 24.8 Å². The van der Waals surface area contributed by atoms with E-state index in [4.69, 9.17) is 0 Å². The molecular formula is C13H15. The van der Waals surface area contributed by atoms with Crippen molar-refractivity contribution < 1.29 is 0 Å². The highest BCUT2D eigenvalue weighted by atomic mass is 14.1. The van der Waals surface area contributed by atoms with Crippen molar-refractivity contribution in [2.24, 2.45) is 0 Å². The molecule has 2 rings (SSSR count). The predicted octanol–water partition coefficient (Wildman–Crippen LogP) is 3.54. The summed E-state index contributed by atoms with van der Waals surface area (Å²) in [4.78, 5) is 0. The van der Waals surface area contributed by atoms with Crippen molar-refractivity contribution in [3.8, 4) is 0 Å². The van der Waals surface area contributed by atoms with E-state index in [1.165, 1.54) is 31.2 Å². The Bertz CT molecular complexity index is 271. The Morgan fingerprint density at radius 1 is 1.00 bits per heavy atom. The van der Waals surface area contributed by atoms with Crippen LogP contribution in [0.25, 0.3) is 0 Å². The predicted molar refractivity (Wildman–Crippen MR) is 56.4 cm³/mol. The monoisotopic (exact) mass is 171 g/mol.